The summed E-state index contributed by atoms with van der Waals surface area (Å²) in [4.78, 5) is 27.0. The maximum absolute atomic E-state index is 13.9. The zero-order chi connectivity index (χ0) is 27.4. The highest BCUT2D eigenvalue weighted by Crippen LogP contribution is 2.38. The van der Waals surface area contributed by atoms with Crippen LogP contribution in [0, 0.1) is 6.92 Å². The summed E-state index contributed by atoms with van der Waals surface area (Å²) >= 11 is 3.36. The molecule has 0 bridgehead atoms. The number of halogens is 4. The Labute approximate surface area is 224 Å². The molecule has 0 radical (unpaired) electrons. The zero-order valence-corrected chi connectivity index (χ0v) is 22.1. The Kier molecular flexibility index (Phi) is 8.07. The van der Waals surface area contributed by atoms with E-state index in [0.717, 1.165) is 6.07 Å². The first-order valence-corrected chi connectivity index (χ1v) is 12.0. The van der Waals surface area contributed by atoms with E-state index in [9.17, 15) is 18.0 Å². The minimum absolute atomic E-state index is 0.0445. The fourth-order valence-electron chi connectivity index (χ4n) is 3.37. The van der Waals surface area contributed by atoms with Gasteiger partial charge in [0.25, 0.3) is 5.91 Å². The van der Waals surface area contributed by atoms with Gasteiger partial charge in [-0.3, -0.25) is 9.78 Å². The minimum Gasteiger partial charge on any atom is -0.491 e. The largest absolute Gasteiger partial charge is 0.491 e. The average Bonchev–Trinajstić information content (AvgIpc) is 3.31. The maximum atomic E-state index is 13.9. The van der Waals surface area contributed by atoms with Gasteiger partial charge in [-0.2, -0.15) is 18.2 Å². The van der Waals surface area contributed by atoms with Gasteiger partial charge in [-0.25, -0.2) is 4.98 Å². The summed E-state index contributed by atoms with van der Waals surface area (Å²) in [6.07, 6.45) is -1.96. The van der Waals surface area contributed by atoms with Crippen LogP contribution in [-0.2, 0) is 6.18 Å². The number of likely N-dealkylation sites (N-methyl/N-ethyl adjacent to an activating group) is 1. The van der Waals surface area contributed by atoms with Gasteiger partial charge in [0.15, 0.2) is 0 Å². The summed E-state index contributed by atoms with van der Waals surface area (Å²) in [5.74, 6) is 0.502. The third-order valence-corrected chi connectivity index (χ3v) is 5.87. The molecule has 0 saturated heterocycles. The first-order chi connectivity index (χ1) is 18.0. The fraction of sp³-hybridized carbons (Fsp3) is 0.240. The van der Waals surface area contributed by atoms with Crippen molar-refractivity contribution in [3.8, 4) is 28.4 Å². The molecule has 198 valence electrons. The number of aryl methyl sites for hydroxylation is 1. The van der Waals surface area contributed by atoms with Crippen LogP contribution in [0.1, 0.15) is 21.8 Å². The molecule has 0 atom stereocenters. The van der Waals surface area contributed by atoms with Crippen LogP contribution in [0.2, 0.25) is 0 Å². The number of anilines is 1. The van der Waals surface area contributed by atoms with Crippen LogP contribution in [-0.4, -0.2) is 58.2 Å². The molecule has 0 unspecified atom stereocenters. The van der Waals surface area contributed by atoms with Crippen molar-refractivity contribution in [2.24, 2.45) is 0 Å². The predicted octanol–water partition coefficient (Wildman–Crippen LogP) is 5.48. The zero-order valence-electron chi connectivity index (χ0n) is 20.5. The number of hydrogen-bond donors (Lipinski definition) is 1. The van der Waals surface area contributed by atoms with Crippen molar-refractivity contribution >= 4 is 27.7 Å². The van der Waals surface area contributed by atoms with Crippen LogP contribution in [0.25, 0.3) is 22.6 Å². The molecule has 0 aliphatic rings. The Balaban J connectivity index is 1.53. The van der Waals surface area contributed by atoms with Gasteiger partial charge >= 0.3 is 6.18 Å². The quantitative estimate of drug-likeness (QED) is 0.288. The molecule has 0 aliphatic heterocycles. The summed E-state index contributed by atoms with van der Waals surface area (Å²) in [6.45, 7) is 2.68. The highest BCUT2D eigenvalue weighted by molar-refractivity contribution is 9.10. The van der Waals surface area contributed by atoms with E-state index in [1.807, 2.05) is 19.0 Å². The predicted molar refractivity (Wildman–Crippen MR) is 137 cm³/mol. The van der Waals surface area contributed by atoms with Crippen LogP contribution in [0.3, 0.4) is 0 Å². The number of hydrogen-bond acceptors (Lipinski definition) is 8. The number of amides is 1. The fourth-order valence-corrected chi connectivity index (χ4v) is 3.70. The smallest absolute Gasteiger partial charge is 0.417 e. The Morgan fingerprint density at radius 2 is 1.92 bits per heavy atom. The second-order valence-electron chi connectivity index (χ2n) is 8.43. The molecule has 0 aliphatic carbocycles. The molecular weight excluding hydrogens is 569 g/mol. The Morgan fingerprint density at radius 3 is 2.55 bits per heavy atom. The number of nitrogens with one attached hydrogen (secondary N) is 1. The number of rotatable bonds is 8. The van der Waals surface area contributed by atoms with Gasteiger partial charge in [-0.15, -0.1) is 0 Å². The molecular formula is C25H22BrF3N6O3. The van der Waals surface area contributed by atoms with Crippen molar-refractivity contribution in [1.82, 2.24) is 25.0 Å². The molecule has 0 spiro atoms. The number of aromatic nitrogens is 4. The molecule has 1 amide bonds. The van der Waals surface area contributed by atoms with E-state index in [4.69, 9.17) is 9.26 Å². The lowest BCUT2D eigenvalue weighted by Gasteiger charge is -2.14. The van der Waals surface area contributed by atoms with Crippen molar-refractivity contribution in [3.63, 3.8) is 0 Å². The lowest BCUT2D eigenvalue weighted by Crippen LogP contribution is -2.19. The highest BCUT2D eigenvalue weighted by atomic mass is 79.9. The molecule has 0 saturated carbocycles. The Bertz CT molecular complexity index is 1440. The van der Waals surface area contributed by atoms with Gasteiger partial charge in [0, 0.05) is 43.1 Å². The maximum Gasteiger partial charge on any atom is 0.417 e. The molecule has 3 aromatic heterocycles. The summed E-state index contributed by atoms with van der Waals surface area (Å²) in [6, 6.07) is 8.00. The van der Waals surface area contributed by atoms with Crippen molar-refractivity contribution in [2.45, 2.75) is 13.1 Å². The number of carbonyl (C=O) groups excluding carboxylic acids is 1. The standard InChI is InChI=1S/C25H22BrF3N6O3/c1-14-32-23(34-38-14)15-4-6-17(18(10-15)25(27,28)29)20-7-5-16(12-30-20)24(36)33-22-11-21(19(26)13-31-22)37-9-8-35(2)3/h4-7,10-13H,8-9H2,1-3H3,(H,31,33,36). The Hall–Kier alpha value is -3.84. The number of benzene rings is 1. The van der Waals surface area contributed by atoms with Gasteiger partial charge in [-0.1, -0.05) is 17.3 Å². The minimum atomic E-state index is -4.67. The average molecular weight is 591 g/mol. The first kappa shape index (κ1) is 27.2. The lowest BCUT2D eigenvalue weighted by atomic mass is 9.99. The molecule has 1 N–H and O–H groups in total. The highest BCUT2D eigenvalue weighted by Gasteiger charge is 2.34. The van der Waals surface area contributed by atoms with Crippen LogP contribution in [0.15, 0.2) is 57.8 Å². The molecule has 13 heteroatoms. The van der Waals surface area contributed by atoms with Crippen LogP contribution < -0.4 is 10.1 Å². The topological polar surface area (TPSA) is 106 Å². The van der Waals surface area contributed by atoms with Crippen LogP contribution in [0.5, 0.6) is 5.75 Å². The van der Waals surface area contributed by atoms with Crippen molar-refractivity contribution < 1.29 is 27.2 Å². The van der Waals surface area contributed by atoms with Gasteiger partial charge < -0.3 is 19.5 Å². The normalized spacial score (nSPS) is 11.6. The molecule has 1 aromatic carbocycles. The summed E-state index contributed by atoms with van der Waals surface area (Å²) in [5.41, 5.74) is -0.726. The van der Waals surface area contributed by atoms with Crippen LogP contribution in [0.4, 0.5) is 19.0 Å². The molecule has 3 heterocycles. The van der Waals surface area contributed by atoms with Crippen molar-refractivity contribution in [2.75, 3.05) is 32.6 Å². The number of alkyl halides is 3. The van der Waals surface area contributed by atoms with Gasteiger partial charge in [0.05, 0.1) is 21.3 Å². The SMILES string of the molecule is Cc1nc(-c2ccc(-c3ccc(C(=O)Nc4cc(OCCN(C)C)c(Br)cn4)cn3)c(C(F)(F)F)c2)no1. The van der Waals surface area contributed by atoms with Crippen LogP contribution >= 0.6 is 15.9 Å². The van der Waals surface area contributed by atoms with Gasteiger partial charge in [0.2, 0.25) is 11.7 Å². The van der Waals surface area contributed by atoms with E-state index in [1.165, 1.54) is 36.7 Å². The number of carbonyl (C=O) groups is 1. The molecule has 38 heavy (non-hydrogen) atoms. The van der Waals surface area contributed by atoms with E-state index < -0.39 is 17.6 Å². The van der Waals surface area contributed by atoms with Crippen molar-refractivity contribution in [1.29, 1.82) is 0 Å². The molecule has 4 rings (SSSR count). The first-order valence-electron chi connectivity index (χ1n) is 11.2. The summed E-state index contributed by atoms with van der Waals surface area (Å²) in [7, 11) is 3.85. The number of ether oxygens (including phenoxy) is 1. The third-order valence-electron chi connectivity index (χ3n) is 5.27. The van der Waals surface area contributed by atoms with E-state index in [1.54, 1.807) is 13.0 Å². The monoisotopic (exact) mass is 590 g/mol. The van der Waals surface area contributed by atoms with E-state index in [0.29, 0.717) is 23.4 Å². The Morgan fingerprint density at radius 1 is 1.13 bits per heavy atom. The van der Waals surface area contributed by atoms with Crippen molar-refractivity contribution in [3.05, 3.63) is 70.3 Å². The summed E-state index contributed by atoms with van der Waals surface area (Å²) < 4.78 is 52.9. The second kappa shape index (κ2) is 11.3. The number of pyridine rings is 2. The molecule has 9 nitrogen and oxygen atoms in total. The summed E-state index contributed by atoms with van der Waals surface area (Å²) in [5, 5.41) is 6.32. The van der Waals surface area contributed by atoms with Gasteiger partial charge in [-0.05, 0) is 48.2 Å². The molecule has 0 fully saturated rings. The van der Waals surface area contributed by atoms with E-state index in [-0.39, 0.29) is 39.9 Å². The van der Waals surface area contributed by atoms with E-state index >= 15 is 0 Å². The second-order valence-corrected chi connectivity index (χ2v) is 9.29. The molecule has 4 aromatic rings. The van der Waals surface area contributed by atoms with Gasteiger partial charge in [0.1, 0.15) is 18.2 Å². The number of nitrogens with zero attached hydrogens (tertiary/aromatic N) is 5. The van der Waals surface area contributed by atoms with E-state index in [2.05, 4.69) is 41.4 Å². The third kappa shape index (κ3) is 6.53. The lowest BCUT2D eigenvalue weighted by molar-refractivity contribution is -0.137.